The van der Waals surface area contributed by atoms with Gasteiger partial charge >= 0.3 is 5.97 Å². The standard InChI is InChI=1S/C12H15NO3/c1-13(2)10-6-7-16-11-8(10)4-3-5-9(11)12(14)15/h3-5,10H,6-7H2,1-2H3,(H,14,15). The molecule has 0 radical (unpaired) electrons. The summed E-state index contributed by atoms with van der Waals surface area (Å²) in [6.07, 6.45) is 0.892. The molecule has 0 spiro atoms. The van der Waals surface area contributed by atoms with Crippen LogP contribution in [0.2, 0.25) is 0 Å². The smallest absolute Gasteiger partial charge is 0.339 e. The van der Waals surface area contributed by atoms with Crippen LogP contribution in [-0.2, 0) is 0 Å². The van der Waals surface area contributed by atoms with Crippen molar-refractivity contribution >= 4 is 5.97 Å². The van der Waals surface area contributed by atoms with Crippen LogP contribution in [0.25, 0.3) is 0 Å². The Morgan fingerprint density at radius 3 is 2.88 bits per heavy atom. The minimum absolute atomic E-state index is 0.239. The Morgan fingerprint density at radius 2 is 2.25 bits per heavy atom. The highest BCUT2D eigenvalue weighted by atomic mass is 16.5. The second-order valence-electron chi connectivity index (χ2n) is 4.15. The number of carbonyl (C=O) groups is 1. The topological polar surface area (TPSA) is 49.8 Å². The summed E-state index contributed by atoms with van der Waals surface area (Å²) >= 11 is 0. The molecule has 1 heterocycles. The molecule has 0 saturated heterocycles. The molecule has 4 nitrogen and oxygen atoms in total. The lowest BCUT2D eigenvalue weighted by molar-refractivity contribution is 0.0689. The lowest BCUT2D eigenvalue weighted by atomic mass is 9.97. The maximum absolute atomic E-state index is 11.1. The first-order valence-corrected chi connectivity index (χ1v) is 5.26. The van der Waals surface area contributed by atoms with Gasteiger partial charge in [0.05, 0.1) is 6.61 Å². The van der Waals surface area contributed by atoms with Gasteiger partial charge in [0.15, 0.2) is 0 Å². The molecular formula is C12H15NO3. The summed E-state index contributed by atoms with van der Waals surface area (Å²) in [5.41, 5.74) is 1.22. The van der Waals surface area contributed by atoms with E-state index in [9.17, 15) is 4.79 Å². The fraction of sp³-hybridized carbons (Fsp3) is 0.417. The van der Waals surface area contributed by atoms with Crippen LogP contribution < -0.4 is 4.74 Å². The minimum Gasteiger partial charge on any atom is -0.492 e. The van der Waals surface area contributed by atoms with Gasteiger partial charge in [0, 0.05) is 18.0 Å². The lowest BCUT2D eigenvalue weighted by Gasteiger charge is -2.31. The van der Waals surface area contributed by atoms with E-state index in [0.717, 1.165) is 12.0 Å². The Labute approximate surface area is 94.4 Å². The first-order chi connectivity index (χ1) is 7.61. The van der Waals surface area contributed by atoms with E-state index in [1.54, 1.807) is 12.1 Å². The third-order valence-corrected chi connectivity index (χ3v) is 2.90. The normalized spacial score (nSPS) is 19.1. The van der Waals surface area contributed by atoms with E-state index in [1.807, 2.05) is 20.2 Å². The second kappa shape index (κ2) is 4.14. The quantitative estimate of drug-likeness (QED) is 0.826. The van der Waals surface area contributed by atoms with Gasteiger partial charge in [-0.3, -0.25) is 0 Å². The molecule has 1 N–H and O–H groups in total. The molecule has 1 aliphatic heterocycles. The molecule has 1 atom stereocenters. The molecule has 0 fully saturated rings. The van der Waals surface area contributed by atoms with Gasteiger partial charge in [-0.1, -0.05) is 12.1 Å². The van der Waals surface area contributed by atoms with Crippen LogP contribution in [0.3, 0.4) is 0 Å². The molecule has 2 rings (SSSR count). The second-order valence-corrected chi connectivity index (χ2v) is 4.15. The molecule has 1 aromatic carbocycles. The number of hydrogen-bond donors (Lipinski definition) is 1. The zero-order chi connectivity index (χ0) is 11.7. The number of carboxylic acid groups (broad SMARTS) is 1. The highest BCUT2D eigenvalue weighted by Crippen LogP contribution is 2.37. The fourth-order valence-corrected chi connectivity index (χ4v) is 2.11. The summed E-state index contributed by atoms with van der Waals surface area (Å²) < 4.78 is 5.49. The molecular weight excluding hydrogens is 206 g/mol. The summed E-state index contributed by atoms with van der Waals surface area (Å²) in [6, 6.07) is 5.53. The van der Waals surface area contributed by atoms with Crippen LogP contribution in [0.1, 0.15) is 28.4 Å². The van der Waals surface area contributed by atoms with Crippen LogP contribution in [-0.4, -0.2) is 36.7 Å². The summed E-state index contributed by atoms with van der Waals surface area (Å²) in [5.74, 6) is -0.406. The number of ether oxygens (including phenoxy) is 1. The van der Waals surface area contributed by atoms with Gasteiger partial charge in [-0.25, -0.2) is 4.79 Å². The van der Waals surface area contributed by atoms with E-state index in [2.05, 4.69) is 4.90 Å². The predicted molar refractivity (Wildman–Crippen MR) is 59.9 cm³/mol. The maximum Gasteiger partial charge on any atom is 0.339 e. The van der Waals surface area contributed by atoms with Crippen molar-refractivity contribution in [2.45, 2.75) is 12.5 Å². The Hall–Kier alpha value is -1.55. The Kier molecular flexibility index (Phi) is 2.83. The Balaban J connectivity index is 2.50. The first-order valence-electron chi connectivity index (χ1n) is 5.26. The van der Waals surface area contributed by atoms with E-state index in [-0.39, 0.29) is 11.6 Å². The summed E-state index contributed by atoms with van der Waals surface area (Å²) in [7, 11) is 3.99. The molecule has 0 aliphatic carbocycles. The van der Waals surface area contributed by atoms with Crippen molar-refractivity contribution in [3.63, 3.8) is 0 Å². The number of carboxylic acids is 1. The third-order valence-electron chi connectivity index (χ3n) is 2.90. The number of nitrogens with zero attached hydrogens (tertiary/aromatic N) is 1. The lowest BCUT2D eigenvalue weighted by Crippen LogP contribution is -2.27. The van der Waals surface area contributed by atoms with Crippen LogP contribution in [0.5, 0.6) is 5.75 Å². The molecule has 1 aliphatic rings. The molecule has 0 saturated carbocycles. The van der Waals surface area contributed by atoms with E-state index in [0.29, 0.717) is 12.4 Å². The molecule has 4 heteroatoms. The number of fused-ring (bicyclic) bond motifs is 1. The number of rotatable bonds is 2. The van der Waals surface area contributed by atoms with Gasteiger partial charge in [0.1, 0.15) is 11.3 Å². The van der Waals surface area contributed by atoms with E-state index in [4.69, 9.17) is 9.84 Å². The Bertz CT molecular complexity index is 415. The van der Waals surface area contributed by atoms with Crippen LogP contribution in [0.4, 0.5) is 0 Å². The predicted octanol–water partition coefficient (Wildman–Crippen LogP) is 1.77. The Morgan fingerprint density at radius 1 is 1.50 bits per heavy atom. The van der Waals surface area contributed by atoms with E-state index in [1.165, 1.54) is 0 Å². The zero-order valence-corrected chi connectivity index (χ0v) is 9.43. The molecule has 0 amide bonds. The zero-order valence-electron chi connectivity index (χ0n) is 9.43. The van der Waals surface area contributed by atoms with Gasteiger partial charge in [-0.2, -0.15) is 0 Å². The average Bonchev–Trinajstić information content (AvgIpc) is 2.27. The van der Waals surface area contributed by atoms with Crippen LogP contribution >= 0.6 is 0 Å². The summed E-state index contributed by atoms with van der Waals surface area (Å²) in [6.45, 7) is 0.570. The number of aromatic carboxylic acids is 1. The van der Waals surface area contributed by atoms with Crippen molar-refractivity contribution < 1.29 is 14.6 Å². The number of benzene rings is 1. The maximum atomic E-state index is 11.1. The SMILES string of the molecule is CN(C)C1CCOc2c(C(=O)O)cccc21. The molecule has 0 bridgehead atoms. The van der Waals surface area contributed by atoms with Crippen molar-refractivity contribution in [3.8, 4) is 5.75 Å². The van der Waals surface area contributed by atoms with Crippen molar-refractivity contribution in [1.29, 1.82) is 0 Å². The largest absolute Gasteiger partial charge is 0.492 e. The molecule has 1 unspecified atom stereocenters. The molecule has 86 valence electrons. The van der Waals surface area contributed by atoms with Crippen LogP contribution in [0, 0.1) is 0 Å². The first kappa shape index (κ1) is 11.0. The van der Waals surface area contributed by atoms with Gasteiger partial charge in [-0.15, -0.1) is 0 Å². The highest BCUT2D eigenvalue weighted by molar-refractivity contribution is 5.91. The van der Waals surface area contributed by atoms with Crippen molar-refractivity contribution in [3.05, 3.63) is 29.3 Å². The van der Waals surface area contributed by atoms with E-state index < -0.39 is 5.97 Å². The van der Waals surface area contributed by atoms with Gasteiger partial charge in [0.25, 0.3) is 0 Å². The highest BCUT2D eigenvalue weighted by Gasteiger charge is 2.26. The van der Waals surface area contributed by atoms with Gasteiger partial charge in [0.2, 0.25) is 0 Å². The number of hydrogen-bond acceptors (Lipinski definition) is 3. The van der Waals surface area contributed by atoms with Crippen LogP contribution in [0.15, 0.2) is 18.2 Å². The minimum atomic E-state index is -0.934. The van der Waals surface area contributed by atoms with Crippen molar-refractivity contribution in [2.75, 3.05) is 20.7 Å². The third kappa shape index (κ3) is 1.76. The summed E-state index contributed by atoms with van der Waals surface area (Å²) in [5, 5.41) is 9.07. The average molecular weight is 221 g/mol. The summed E-state index contributed by atoms with van der Waals surface area (Å²) in [4.78, 5) is 13.1. The molecule has 16 heavy (non-hydrogen) atoms. The monoisotopic (exact) mass is 221 g/mol. The van der Waals surface area contributed by atoms with Crippen molar-refractivity contribution in [1.82, 2.24) is 4.90 Å². The van der Waals surface area contributed by atoms with E-state index >= 15 is 0 Å². The van der Waals surface area contributed by atoms with Gasteiger partial charge in [-0.05, 0) is 20.2 Å². The molecule has 0 aromatic heterocycles. The van der Waals surface area contributed by atoms with Gasteiger partial charge < -0.3 is 14.7 Å². The van der Waals surface area contributed by atoms with Crippen molar-refractivity contribution in [2.24, 2.45) is 0 Å². The number of para-hydroxylation sites is 1. The molecule has 1 aromatic rings. The fourth-order valence-electron chi connectivity index (χ4n) is 2.11.